The van der Waals surface area contributed by atoms with Crippen molar-refractivity contribution in [2.45, 2.75) is 19.4 Å². The number of nitrogens with one attached hydrogen (secondary N) is 2. The number of ether oxygens (including phenoxy) is 1. The van der Waals surface area contributed by atoms with Gasteiger partial charge in [-0.1, -0.05) is 24.3 Å². The molecule has 142 valence electrons. The first kappa shape index (κ1) is 18.9. The first-order chi connectivity index (χ1) is 13.0. The zero-order chi connectivity index (χ0) is 19.4. The summed E-state index contributed by atoms with van der Waals surface area (Å²) in [5.74, 6) is 0.596. The van der Waals surface area contributed by atoms with Crippen molar-refractivity contribution in [1.29, 1.82) is 0 Å². The van der Waals surface area contributed by atoms with Crippen molar-refractivity contribution < 1.29 is 19.2 Å². The number of carbonyl (C=O) groups excluding carboxylic acids is 2. The fraction of sp³-hybridized carbons (Fsp3) is 0.333. The Morgan fingerprint density at radius 2 is 2.00 bits per heavy atom. The fourth-order valence-corrected chi connectivity index (χ4v) is 3.32. The number of hydrogen-bond donors (Lipinski definition) is 2. The molecule has 0 aromatic heterocycles. The minimum absolute atomic E-state index is 0.0478. The van der Waals surface area contributed by atoms with Gasteiger partial charge in [0.2, 0.25) is 0 Å². The van der Waals surface area contributed by atoms with Gasteiger partial charge < -0.3 is 19.9 Å². The standard InChI is InChI=1S/C21H25N3O3/c1-15(21(26)24-12-11-16-7-4-5-10-19(16)24)23(2)14-20(25)22-17-8-6-9-18(13-17)27-3/h4-10,13,15H,11-12,14H2,1-3H3,(H,22,25)/p+1/t15-/m0/s1. The van der Waals surface area contributed by atoms with E-state index in [-0.39, 0.29) is 24.4 Å². The van der Waals surface area contributed by atoms with Crippen LogP contribution in [0.1, 0.15) is 12.5 Å². The Hall–Kier alpha value is -2.86. The van der Waals surface area contributed by atoms with Crippen LogP contribution in [0.15, 0.2) is 48.5 Å². The average molecular weight is 368 g/mol. The van der Waals surface area contributed by atoms with Crippen molar-refractivity contribution in [3.05, 3.63) is 54.1 Å². The second kappa shape index (κ2) is 8.22. The van der Waals surface area contributed by atoms with Gasteiger partial charge in [-0.25, -0.2) is 0 Å². The molecule has 0 fully saturated rings. The number of anilines is 2. The molecular formula is C21H26N3O3+. The largest absolute Gasteiger partial charge is 0.497 e. The predicted molar refractivity (Wildman–Crippen MR) is 105 cm³/mol. The van der Waals surface area contributed by atoms with Crippen molar-refractivity contribution >= 4 is 23.2 Å². The van der Waals surface area contributed by atoms with E-state index in [9.17, 15) is 9.59 Å². The van der Waals surface area contributed by atoms with E-state index in [4.69, 9.17) is 4.74 Å². The molecule has 1 aliphatic heterocycles. The summed E-state index contributed by atoms with van der Waals surface area (Å²) >= 11 is 0. The minimum Gasteiger partial charge on any atom is -0.497 e. The number of quaternary nitrogens is 1. The molecule has 0 bridgehead atoms. The smallest absolute Gasteiger partial charge is 0.284 e. The van der Waals surface area contributed by atoms with Crippen molar-refractivity contribution in [2.24, 2.45) is 0 Å². The predicted octanol–water partition coefficient (Wildman–Crippen LogP) is 1.13. The van der Waals surface area contributed by atoms with Gasteiger partial charge in [0.15, 0.2) is 12.6 Å². The lowest BCUT2D eigenvalue weighted by Gasteiger charge is -2.25. The highest BCUT2D eigenvalue weighted by atomic mass is 16.5. The molecule has 1 heterocycles. The van der Waals surface area contributed by atoms with Gasteiger partial charge in [0.1, 0.15) is 5.75 Å². The molecule has 0 saturated carbocycles. The zero-order valence-corrected chi connectivity index (χ0v) is 16.0. The molecular weight excluding hydrogens is 342 g/mol. The lowest BCUT2D eigenvalue weighted by Crippen LogP contribution is -3.15. The zero-order valence-electron chi connectivity index (χ0n) is 16.0. The highest BCUT2D eigenvalue weighted by molar-refractivity contribution is 5.98. The maximum Gasteiger partial charge on any atom is 0.284 e. The Bertz CT molecular complexity index is 837. The maximum absolute atomic E-state index is 12.9. The number of para-hydroxylation sites is 1. The normalized spacial score (nSPS) is 15.0. The van der Waals surface area contributed by atoms with Gasteiger partial charge in [-0.2, -0.15) is 0 Å². The lowest BCUT2D eigenvalue weighted by molar-refractivity contribution is -0.885. The average Bonchev–Trinajstić information content (AvgIpc) is 3.11. The molecule has 1 aliphatic rings. The van der Waals surface area contributed by atoms with Crippen LogP contribution in [0.25, 0.3) is 0 Å². The van der Waals surface area contributed by atoms with Crippen molar-refractivity contribution in [3.63, 3.8) is 0 Å². The summed E-state index contributed by atoms with van der Waals surface area (Å²) in [6, 6.07) is 14.9. The van der Waals surface area contributed by atoms with Crippen molar-refractivity contribution in [3.8, 4) is 5.75 Å². The first-order valence-electron chi connectivity index (χ1n) is 9.15. The Labute approximate surface area is 159 Å². The number of rotatable bonds is 6. The van der Waals surface area contributed by atoms with Gasteiger partial charge in [-0.05, 0) is 37.1 Å². The maximum atomic E-state index is 12.9. The Morgan fingerprint density at radius 3 is 2.78 bits per heavy atom. The molecule has 2 N–H and O–H groups in total. The van der Waals surface area contributed by atoms with E-state index in [1.165, 1.54) is 5.56 Å². The van der Waals surface area contributed by atoms with E-state index in [2.05, 4.69) is 11.4 Å². The van der Waals surface area contributed by atoms with Crippen LogP contribution in [0.3, 0.4) is 0 Å². The number of benzene rings is 2. The molecule has 1 unspecified atom stereocenters. The van der Waals surface area contributed by atoms with E-state index in [1.807, 2.05) is 55.3 Å². The topological polar surface area (TPSA) is 63.1 Å². The molecule has 6 heteroatoms. The van der Waals surface area contributed by atoms with E-state index >= 15 is 0 Å². The Morgan fingerprint density at radius 1 is 1.22 bits per heavy atom. The summed E-state index contributed by atoms with van der Waals surface area (Å²) in [4.78, 5) is 28.0. The van der Waals surface area contributed by atoms with E-state index in [0.29, 0.717) is 18.0 Å². The van der Waals surface area contributed by atoms with Crippen LogP contribution in [0, 0.1) is 0 Å². The van der Waals surface area contributed by atoms with Crippen LogP contribution in [-0.4, -0.2) is 45.1 Å². The Kier molecular flexibility index (Phi) is 5.76. The molecule has 0 radical (unpaired) electrons. The van der Waals surface area contributed by atoms with E-state index in [1.54, 1.807) is 13.2 Å². The van der Waals surface area contributed by atoms with E-state index < -0.39 is 0 Å². The van der Waals surface area contributed by atoms with Crippen LogP contribution in [-0.2, 0) is 16.0 Å². The molecule has 0 spiro atoms. The quantitative estimate of drug-likeness (QED) is 0.803. The summed E-state index contributed by atoms with van der Waals surface area (Å²) in [6.45, 7) is 2.78. The van der Waals surface area contributed by atoms with Gasteiger partial charge in [0, 0.05) is 24.0 Å². The number of likely N-dealkylation sites (N-methyl/N-ethyl adjacent to an activating group) is 1. The molecule has 0 aliphatic carbocycles. The first-order valence-corrected chi connectivity index (χ1v) is 9.15. The summed E-state index contributed by atoms with van der Waals surface area (Å²) in [5.41, 5.74) is 2.87. The van der Waals surface area contributed by atoms with Gasteiger partial charge in [-0.3, -0.25) is 9.59 Å². The Balaban J connectivity index is 1.59. The number of nitrogens with zero attached hydrogens (tertiary/aromatic N) is 1. The number of fused-ring (bicyclic) bond motifs is 1. The van der Waals surface area contributed by atoms with Crippen LogP contribution < -0.4 is 19.9 Å². The number of methoxy groups -OCH3 is 1. The summed E-state index contributed by atoms with van der Waals surface area (Å²) in [7, 11) is 3.46. The number of carbonyl (C=O) groups is 2. The summed E-state index contributed by atoms with van der Waals surface area (Å²) in [5, 5.41) is 2.86. The van der Waals surface area contributed by atoms with Crippen LogP contribution in [0.2, 0.25) is 0 Å². The molecule has 0 saturated heterocycles. The molecule has 2 atom stereocenters. The summed E-state index contributed by atoms with van der Waals surface area (Å²) < 4.78 is 5.17. The third-order valence-corrected chi connectivity index (χ3v) is 5.06. The molecule has 27 heavy (non-hydrogen) atoms. The number of hydrogen-bond acceptors (Lipinski definition) is 3. The van der Waals surface area contributed by atoms with Gasteiger partial charge in [-0.15, -0.1) is 0 Å². The molecule has 2 amide bonds. The highest BCUT2D eigenvalue weighted by Crippen LogP contribution is 2.27. The lowest BCUT2D eigenvalue weighted by atomic mass is 10.2. The second-order valence-electron chi connectivity index (χ2n) is 6.89. The molecule has 3 rings (SSSR count). The second-order valence-corrected chi connectivity index (χ2v) is 6.89. The number of amides is 2. The van der Waals surface area contributed by atoms with Crippen LogP contribution in [0.4, 0.5) is 11.4 Å². The molecule has 2 aromatic rings. The van der Waals surface area contributed by atoms with E-state index in [0.717, 1.165) is 17.0 Å². The SMILES string of the molecule is COc1cccc(NC(=O)C[NH+](C)[C@@H](C)C(=O)N2CCc3ccccc32)c1. The highest BCUT2D eigenvalue weighted by Gasteiger charge is 2.32. The van der Waals surface area contributed by atoms with Gasteiger partial charge in [0.25, 0.3) is 11.8 Å². The van der Waals surface area contributed by atoms with Crippen LogP contribution >= 0.6 is 0 Å². The van der Waals surface area contributed by atoms with Gasteiger partial charge >= 0.3 is 0 Å². The fourth-order valence-electron chi connectivity index (χ4n) is 3.32. The van der Waals surface area contributed by atoms with Gasteiger partial charge in [0.05, 0.1) is 14.2 Å². The molecule has 6 nitrogen and oxygen atoms in total. The third-order valence-electron chi connectivity index (χ3n) is 5.06. The molecule has 2 aromatic carbocycles. The third kappa shape index (κ3) is 4.28. The summed E-state index contributed by atoms with van der Waals surface area (Å²) in [6.07, 6.45) is 0.879. The van der Waals surface area contributed by atoms with Crippen molar-refractivity contribution in [1.82, 2.24) is 0 Å². The monoisotopic (exact) mass is 368 g/mol. The van der Waals surface area contributed by atoms with Crippen molar-refractivity contribution in [2.75, 3.05) is 37.5 Å². The minimum atomic E-state index is -0.313. The van der Waals surface area contributed by atoms with Crippen LogP contribution in [0.5, 0.6) is 5.75 Å².